The average molecular weight is 483 g/mol. The van der Waals surface area contributed by atoms with Crippen molar-refractivity contribution in [3.63, 3.8) is 0 Å². The highest BCUT2D eigenvalue weighted by Gasteiger charge is 2.23. The van der Waals surface area contributed by atoms with Crippen LogP contribution in [0.5, 0.6) is 0 Å². The SMILES string of the molecule is O=C(O)c1cccc(CNC(c2cccs2)c2nc(-c3ccccc3)c(-c3ccccc3)s2)c1. The van der Waals surface area contributed by atoms with Gasteiger partial charge in [-0.15, -0.1) is 22.7 Å². The number of aromatic carboxylic acids is 1. The highest BCUT2D eigenvalue weighted by Crippen LogP contribution is 2.40. The van der Waals surface area contributed by atoms with Crippen molar-refractivity contribution < 1.29 is 9.90 Å². The minimum absolute atomic E-state index is 0.0987. The maximum Gasteiger partial charge on any atom is 0.335 e. The molecule has 0 aliphatic carbocycles. The van der Waals surface area contributed by atoms with Crippen molar-refractivity contribution in [2.45, 2.75) is 12.6 Å². The van der Waals surface area contributed by atoms with Crippen molar-refractivity contribution in [1.82, 2.24) is 10.3 Å². The van der Waals surface area contributed by atoms with Gasteiger partial charge < -0.3 is 5.11 Å². The van der Waals surface area contributed by atoms with Gasteiger partial charge in [-0.3, -0.25) is 5.32 Å². The summed E-state index contributed by atoms with van der Waals surface area (Å²) in [5.74, 6) is -0.920. The van der Waals surface area contributed by atoms with Crippen LogP contribution < -0.4 is 5.32 Å². The minimum Gasteiger partial charge on any atom is -0.478 e. The molecular weight excluding hydrogens is 460 g/mol. The quantitative estimate of drug-likeness (QED) is 0.247. The number of aromatic nitrogens is 1. The van der Waals surface area contributed by atoms with Crippen LogP contribution in [0.3, 0.4) is 0 Å². The van der Waals surface area contributed by atoms with Crippen LogP contribution in [0.15, 0.2) is 102 Å². The lowest BCUT2D eigenvalue weighted by Crippen LogP contribution is -2.21. The minimum atomic E-state index is -0.920. The van der Waals surface area contributed by atoms with Crippen LogP contribution in [0, 0.1) is 0 Å². The van der Waals surface area contributed by atoms with Crippen LogP contribution in [0.1, 0.15) is 31.8 Å². The molecule has 0 aliphatic heterocycles. The van der Waals surface area contributed by atoms with E-state index in [1.807, 2.05) is 48.5 Å². The van der Waals surface area contributed by atoms with Gasteiger partial charge in [0.2, 0.25) is 0 Å². The Hall–Kier alpha value is -3.58. The molecule has 5 rings (SSSR count). The molecule has 6 heteroatoms. The Morgan fingerprint density at radius 1 is 0.882 bits per heavy atom. The van der Waals surface area contributed by atoms with Gasteiger partial charge in [0.1, 0.15) is 5.01 Å². The van der Waals surface area contributed by atoms with E-state index in [0.29, 0.717) is 12.1 Å². The van der Waals surface area contributed by atoms with Gasteiger partial charge in [-0.05, 0) is 34.7 Å². The predicted octanol–water partition coefficient (Wildman–Crippen LogP) is 7.12. The van der Waals surface area contributed by atoms with Crippen molar-refractivity contribution in [3.8, 4) is 21.7 Å². The summed E-state index contributed by atoms with van der Waals surface area (Å²) >= 11 is 3.38. The van der Waals surface area contributed by atoms with Crippen LogP contribution in [-0.4, -0.2) is 16.1 Å². The fourth-order valence-corrected chi connectivity index (χ4v) is 5.90. The van der Waals surface area contributed by atoms with Crippen LogP contribution in [-0.2, 0) is 6.54 Å². The Morgan fingerprint density at radius 3 is 2.29 bits per heavy atom. The summed E-state index contributed by atoms with van der Waals surface area (Å²) in [4.78, 5) is 18.8. The predicted molar refractivity (Wildman–Crippen MR) is 139 cm³/mol. The number of carbonyl (C=O) groups is 1. The molecular formula is C28H22N2O2S2. The normalized spacial score (nSPS) is 11.9. The van der Waals surface area contributed by atoms with E-state index in [2.05, 4.69) is 41.0 Å². The lowest BCUT2D eigenvalue weighted by atomic mass is 10.1. The zero-order chi connectivity index (χ0) is 23.3. The molecule has 0 radical (unpaired) electrons. The number of rotatable bonds is 8. The summed E-state index contributed by atoms with van der Waals surface area (Å²) in [5.41, 5.74) is 4.42. The summed E-state index contributed by atoms with van der Waals surface area (Å²) < 4.78 is 0. The van der Waals surface area contributed by atoms with Crippen molar-refractivity contribution >= 4 is 28.6 Å². The summed E-state index contributed by atoms with van der Waals surface area (Å²) in [6.07, 6.45) is 0. The molecule has 2 N–H and O–H groups in total. The van der Waals surface area contributed by atoms with Gasteiger partial charge >= 0.3 is 5.97 Å². The molecule has 168 valence electrons. The highest BCUT2D eigenvalue weighted by molar-refractivity contribution is 7.16. The third-order valence-corrected chi connectivity index (χ3v) is 7.59. The third kappa shape index (κ3) is 4.84. The van der Waals surface area contributed by atoms with Crippen molar-refractivity contribution in [1.29, 1.82) is 0 Å². The largest absolute Gasteiger partial charge is 0.478 e. The zero-order valence-electron chi connectivity index (χ0n) is 18.2. The van der Waals surface area contributed by atoms with Gasteiger partial charge in [-0.2, -0.15) is 0 Å². The smallest absolute Gasteiger partial charge is 0.335 e. The molecule has 0 fully saturated rings. The van der Waals surface area contributed by atoms with E-state index >= 15 is 0 Å². The molecule has 1 unspecified atom stereocenters. The van der Waals surface area contributed by atoms with Gasteiger partial charge in [0.25, 0.3) is 0 Å². The van der Waals surface area contributed by atoms with E-state index in [1.54, 1.807) is 40.9 Å². The Balaban J connectivity index is 1.54. The van der Waals surface area contributed by atoms with E-state index in [9.17, 15) is 9.90 Å². The number of nitrogens with one attached hydrogen (secondary N) is 1. The number of benzene rings is 3. The van der Waals surface area contributed by atoms with Crippen LogP contribution in [0.4, 0.5) is 0 Å². The van der Waals surface area contributed by atoms with Crippen molar-refractivity contribution in [2.24, 2.45) is 0 Å². The third-order valence-electron chi connectivity index (χ3n) is 5.49. The molecule has 0 amide bonds. The number of hydrogen-bond donors (Lipinski definition) is 2. The first-order chi connectivity index (χ1) is 16.7. The number of nitrogens with zero attached hydrogens (tertiary/aromatic N) is 1. The molecule has 1 atom stereocenters. The van der Waals surface area contributed by atoms with Gasteiger partial charge in [0.05, 0.1) is 22.2 Å². The van der Waals surface area contributed by atoms with Crippen LogP contribution >= 0.6 is 22.7 Å². The first-order valence-electron chi connectivity index (χ1n) is 10.9. The van der Waals surface area contributed by atoms with Crippen LogP contribution in [0.2, 0.25) is 0 Å². The summed E-state index contributed by atoms with van der Waals surface area (Å²) in [7, 11) is 0. The highest BCUT2D eigenvalue weighted by atomic mass is 32.1. The second-order valence-electron chi connectivity index (χ2n) is 7.80. The monoisotopic (exact) mass is 482 g/mol. The molecule has 34 heavy (non-hydrogen) atoms. The fourth-order valence-electron chi connectivity index (χ4n) is 3.84. The first kappa shape index (κ1) is 22.2. The number of carboxylic acid groups (broad SMARTS) is 1. The van der Waals surface area contributed by atoms with Crippen molar-refractivity contribution in [2.75, 3.05) is 0 Å². The number of carboxylic acids is 1. The molecule has 0 saturated heterocycles. The maximum absolute atomic E-state index is 11.4. The van der Waals surface area contributed by atoms with E-state index in [1.165, 1.54) is 4.88 Å². The van der Waals surface area contributed by atoms with Crippen molar-refractivity contribution in [3.05, 3.63) is 123 Å². The number of thiophene rings is 1. The summed E-state index contributed by atoms with van der Waals surface area (Å²) in [5, 5.41) is 16.0. The number of thiazole rings is 1. The molecule has 0 aliphatic rings. The molecule has 2 heterocycles. The van der Waals surface area contributed by atoms with Gasteiger partial charge in [-0.25, -0.2) is 9.78 Å². The number of hydrogen-bond acceptors (Lipinski definition) is 5. The molecule has 0 spiro atoms. The molecule has 0 bridgehead atoms. The Morgan fingerprint density at radius 2 is 1.62 bits per heavy atom. The van der Waals surface area contributed by atoms with Gasteiger partial charge in [0.15, 0.2) is 0 Å². The Kier molecular flexibility index (Phi) is 6.62. The van der Waals surface area contributed by atoms with E-state index in [4.69, 9.17) is 4.98 Å². The Labute approximate surface area is 206 Å². The molecule has 2 aromatic heterocycles. The fraction of sp³-hybridized carbons (Fsp3) is 0.0714. The molecule has 5 aromatic rings. The topological polar surface area (TPSA) is 62.2 Å². The lowest BCUT2D eigenvalue weighted by Gasteiger charge is -2.15. The lowest BCUT2D eigenvalue weighted by molar-refractivity contribution is 0.0696. The Bertz CT molecular complexity index is 1320. The van der Waals surface area contributed by atoms with Gasteiger partial charge in [-0.1, -0.05) is 78.9 Å². The van der Waals surface area contributed by atoms with Gasteiger partial charge in [0, 0.05) is 17.0 Å². The zero-order valence-corrected chi connectivity index (χ0v) is 19.9. The van der Waals surface area contributed by atoms with Crippen LogP contribution in [0.25, 0.3) is 21.7 Å². The van der Waals surface area contributed by atoms with E-state index < -0.39 is 5.97 Å². The first-order valence-corrected chi connectivity index (χ1v) is 12.6. The average Bonchev–Trinajstić information content (AvgIpc) is 3.57. The van der Waals surface area contributed by atoms with E-state index in [-0.39, 0.29) is 6.04 Å². The summed E-state index contributed by atoms with van der Waals surface area (Å²) in [6.45, 7) is 0.532. The molecule has 0 saturated carbocycles. The second kappa shape index (κ2) is 10.1. The molecule has 3 aromatic carbocycles. The summed E-state index contributed by atoms with van der Waals surface area (Å²) in [6, 6.07) is 31.7. The standard InChI is InChI=1S/C28H22N2O2S2/c31-28(32)22-14-7-9-19(17-22)18-29-25(23-15-8-16-33-23)27-30-24(20-10-3-1-4-11-20)26(34-27)21-12-5-2-6-13-21/h1-17,25,29H,18H2,(H,31,32). The molecule has 4 nitrogen and oxygen atoms in total. The second-order valence-corrected chi connectivity index (χ2v) is 9.81. The maximum atomic E-state index is 11.4. The van der Waals surface area contributed by atoms with E-state index in [0.717, 1.165) is 32.3 Å².